The van der Waals surface area contributed by atoms with Crippen molar-refractivity contribution in [3.63, 3.8) is 0 Å². The molecular formula is C21H27FN2O2S. The lowest BCUT2D eigenvalue weighted by Gasteiger charge is -2.45. The van der Waals surface area contributed by atoms with E-state index < -0.39 is 0 Å². The fourth-order valence-electron chi connectivity index (χ4n) is 4.74. The first-order chi connectivity index (χ1) is 13.1. The van der Waals surface area contributed by atoms with Crippen LogP contribution in [0.2, 0.25) is 0 Å². The maximum atomic E-state index is 13.1. The standard InChI is InChI=1S/C21H27FN2O2S/c22-18-8-6-17(7-9-18)19(25)23-12-10-21(11-13-23)24(14-15-27-21)20(26)16-4-2-1-3-5-16/h6-9,16H,1-5,10-15H2. The zero-order chi connectivity index (χ0) is 18.9. The fourth-order valence-corrected chi connectivity index (χ4v) is 6.20. The maximum absolute atomic E-state index is 13.1. The van der Waals surface area contributed by atoms with Gasteiger partial charge in [0.1, 0.15) is 5.82 Å². The van der Waals surface area contributed by atoms with Gasteiger partial charge in [-0.3, -0.25) is 9.59 Å². The minimum atomic E-state index is -0.330. The summed E-state index contributed by atoms with van der Waals surface area (Å²) in [5.41, 5.74) is 0.529. The Hall–Kier alpha value is -1.56. The molecule has 0 bridgehead atoms. The van der Waals surface area contributed by atoms with Crippen LogP contribution < -0.4 is 0 Å². The normalized spacial score (nSPS) is 23.0. The van der Waals surface area contributed by atoms with Crippen LogP contribution >= 0.6 is 11.8 Å². The summed E-state index contributed by atoms with van der Waals surface area (Å²) in [6.45, 7) is 2.14. The molecule has 3 fully saturated rings. The number of rotatable bonds is 2. The quantitative estimate of drug-likeness (QED) is 0.769. The molecule has 0 radical (unpaired) electrons. The minimum Gasteiger partial charge on any atom is -0.338 e. The van der Waals surface area contributed by atoms with Crippen LogP contribution in [0, 0.1) is 11.7 Å². The maximum Gasteiger partial charge on any atom is 0.253 e. The zero-order valence-corrected chi connectivity index (χ0v) is 16.5. The van der Waals surface area contributed by atoms with E-state index in [2.05, 4.69) is 4.90 Å². The molecule has 6 heteroatoms. The summed E-state index contributed by atoms with van der Waals surface area (Å²) < 4.78 is 13.1. The topological polar surface area (TPSA) is 40.6 Å². The van der Waals surface area contributed by atoms with Gasteiger partial charge in [-0.15, -0.1) is 11.8 Å². The predicted octanol–water partition coefficient (Wildman–Crippen LogP) is 3.91. The predicted molar refractivity (Wildman–Crippen MR) is 105 cm³/mol. The van der Waals surface area contributed by atoms with Crippen LogP contribution in [-0.2, 0) is 4.79 Å². The zero-order valence-electron chi connectivity index (χ0n) is 15.7. The molecule has 27 heavy (non-hydrogen) atoms. The van der Waals surface area contributed by atoms with Crippen LogP contribution in [0.25, 0.3) is 0 Å². The van der Waals surface area contributed by atoms with Crippen LogP contribution in [0.15, 0.2) is 24.3 Å². The van der Waals surface area contributed by atoms with Gasteiger partial charge in [0.2, 0.25) is 5.91 Å². The van der Waals surface area contributed by atoms with Gasteiger partial charge in [0.25, 0.3) is 5.91 Å². The number of thioether (sulfide) groups is 1. The summed E-state index contributed by atoms with van der Waals surface area (Å²) in [6, 6.07) is 5.75. The van der Waals surface area contributed by atoms with Crippen molar-refractivity contribution in [2.45, 2.75) is 49.8 Å². The van der Waals surface area contributed by atoms with E-state index in [9.17, 15) is 14.0 Å². The lowest BCUT2D eigenvalue weighted by Crippen LogP contribution is -2.55. The van der Waals surface area contributed by atoms with Crippen molar-refractivity contribution in [2.24, 2.45) is 5.92 Å². The van der Waals surface area contributed by atoms with Gasteiger partial charge in [-0.1, -0.05) is 19.3 Å². The summed E-state index contributed by atoms with van der Waals surface area (Å²) in [5.74, 6) is 1.16. The van der Waals surface area contributed by atoms with E-state index >= 15 is 0 Å². The first kappa shape index (κ1) is 18.8. The monoisotopic (exact) mass is 390 g/mol. The first-order valence-corrected chi connectivity index (χ1v) is 11.1. The number of hydrogen-bond acceptors (Lipinski definition) is 3. The molecule has 2 amide bonds. The summed E-state index contributed by atoms with van der Waals surface area (Å²) in [4.78, 5) is 29.7. The lowest BCUT2D eigenvalue weighted by atomic mass is 9.87. The summed E-state index contributed by atoms with van der Waals surface area (Å²) in [6.07, 6.45) is 7.31. The van der Waals surface area contributed by atoms with E-state index in [1.165, 1.54) is 31.4 Å². The minimum absolute atomic E-state index is 0.0435. The second-order valence-corrected chi connectivity index (χ2v) is 9.38. The number of halogens is 1. The van der Waals surface area contributed by atoms with Gasteiger partial charge in [-0.2, -0.15) is 0 Å². The molecule has 3 aliphatic rings. The highest BCUT2D eigenvalue weighted by molar-refractivity contribution is 8.00. The molecule has 0 unspecified atom stereocenters. The largest absolute Gasteiger partial charge is 0.338 e. The molecular weight excluding hydrogens is 363 g/mol. The first-order valence-electron chi connectivity index (χ1n) is 10.1. The summed E-state index contributed by atoms with van der Waals surface area (Å²) >= 11 is 1.90. The summed E-state index contributed by atoms with van der Waals surface area (Å²) in [5, 5.41) is 0. The molecule has 1 saturated carbocycles. The third-order valence-electron chi connectivity index (χ3n) is 6.32. The molecule has 0 aromatic heterocycles. The fraction of sp³-hybridized carbons (Fsp3) is 0.619. The van der Waals surface area contributed by atoms with E-state index in [0.717, 1.165) is 38.0 Å². The van der Waals surface area contributed by atoms with Crippen LogP contribution in [0.1, 0.15) is 55.3 Å². The highest BCUT2D eigenvalue weighted by Crippen LogP contribution is 2.45. The van der Waals surface area contributed by atoms with Crippen LogP contribution in [0.4, 0.5) is 4.39 Å². The van der Waals surface area contributed by atoms with Crippen molar-refractivity contribution in [2.75, 3.05) is 25.4 Å². The Morgan fingerprint density at radius 3 is 2.33 bits per heavy atom. The highest BCUT2D eigenvalue weighted by Gasteiger charge is 2.48. The van der Waals surface area contributed by atoms with Gasteiger partial charge in [-0.05, 0) is 49.9 Å². The van der Waals surface area contributed by atoms with Crippen molar-refractivity contribution in [3.8, 4) is 0 Å². The van der Waals surface area contributed by atoms with E-state index in [1.807, 2.05) is 16.7 Å². The Balaban J connectivity index is 1.41. The molecule has 1 spiro atoms. The molecule has 2 aliphatic heterocycles. The molecule has 0 atom stereocenters. The molecule has 1 aromatic rings. The van der Waals surface area contributed by atoms with Gasteiger partial charge >= 0.3 is 0 Å². The van der Waals surface area contributed by atoms with Gasteiger partial charge in [0.15, 0.2) is 0 Å². The molecule has 2 heterocycles. The molecule has 4 nitrogen and oxygen atoms in total. The average molecular weight is 391 g/mol. The van der Waals surface area contributed by atoms with Crippen molar-refractivity contribution < 1.29 is 14.0 Å². The van der Waals surface area contributed by atoms with E-state index in [0.29, 0.717) is 24.6 Å². The second-order valence-electron chi connectivity index (χ2n) is 7.92. The summed E-state index contributed by atoms with van der Waals surface area (Å²) in [7, 11) is 0. The lowest BCUT2D eigenvalue weighted by molar-refractivity contribution is -0.140. The number of nitrogens with zero attached hydrogens (tertiary/aromatic N) is 2. The number of likely N-dealkylation sites (tertiary alicyclic amines) is 1. The number of carbonyl (C=O) groups excluding carboxylic acids is 2. The number of carbonyl (C=O) groups is 2. The van der Waals surface area contributed by atoms with Gasteiger partial charge in [0, 0.05) is 36.9 Å². The van der Waals surface area contributed by atoms with Crippen molar-refractivity contribution in [1.29, 1.82) is 0 Å². The van der Waals surface area contributed by atoms with Crippen LogP contribution in [-0.4, -0.2) is 51.9 Å². The average Bonchev–Trinajstić information content (AvgIpc) is 3.11. The molecule has 0 N–H and O–H groups in total. The Bertz CT molecular complexity index is 695. The number of amides is 2. The van der Waals surface area contributed by atoms with Crippen molar-refractivity contribution in [1.82, 2.24) is 9.80 Å². The van der Waals surface area contributed by atoms with Crippen LogP contribution in [0.3, 0.4) is 0 Å². The third-order valence-corrected chi connectivity index (χ3v) is 7.87. The second kappa shape index (κ2) is 7.82. The number of piperidine rings is 1. The van der Waals surface area contributed by atoms with Gasteiger partial charge < -0.3 is 9.80 Å². The van der Waals surface area contributed by atoms with E-state index in [1.54, 1.807) is 12.1 Å². The van der Waals surface area contributed by atoms with E-state index in [4.69, 9.17) is 0 Å². The Kier molecular flexibility index (Phi) is 5.44. The van der Waals surface area contributed by atoms with Gasteiger partial charge in [0.05, 0.1) is 4.87 Å². The molecule has 146 valence electrons. The smallest absolute Gasteiger partial charge is 0.253 e. The Labute approximate surface area is 164 Å². The third kappa shape index (κ3) is 3.73. The van der Waals surface area contributed by atoms with Crippen molar-refractivity contribution in [3.05, 3.63) is 35.6 Å². The Morgan fingerprint density at radius 1 is 1.00 bits per heavy atom. The molecule has 1 aliphatic carbocycles. The molecule has 1 aromatic carbocycles. The van der Waals surface area contributed by atoms with E-state index in [-0.39, 0.29) is 22.5 Å². The number of benzene rings is 1. The highest BCUT2D eigenvalue weighted by atomic mass is 32.2. The van der Waals surface area contributed by atoms with Gasteiger partial charge in [-0.25, -0.2) is 4.39 Å². The molecule has 2 saturated heterocycles. The molecule has 4 rings (SSSR count). The Morgan fingerprint density at radius 2 is 1.67 bits per heavy atom. The van der Waals surface area contributed by atoms with Crippen molar-refractivity contribution >= 4 is 23.6 Å². The number of hydrogen-bond donors (Lipinski definition) is 0. The SMILES string of the molecule is O=C(c1ccc(F)cc1)N1CCC2(CC1)SCCN2C(=O)C1CCCCC1. The van der Waals surface area contributed by atoms with Crippen LogP contribution in [0.5, 0.6) is 0 Å².